The molecule has 0 heterocycles. The van der Waals surface area contributed by atoms with Gasteiger partial charge in [0.15, 0.2) is 0 Å². The van der Waals surface area contributed by atoms with Gasteiger partial charge in [0.1, 0.15) is 0 Å². The summed E-state index contributed by atoms with van der Waals surface area (Å²) in [6.45, 7) is -0.00747. The highest BCUT2D eigenvalue weighted by atomic mass is 16.2. The third-order valence-corrected chi connectivity index (χ3v) is 4.47. The zero-order valence-electron chi connectivity index (χ0n) is 14.1. The Morgan fingerprint density at radius 3 is 2.68 bits per heavy atom. The van der Waals surface area contributed by atoms with E-state index in [2.05, 4.69) is 10.6 Å². The lowest BCUT2D eigenvalue weighted by molar-refractivity contribution is -0.126. The van der Waals surface area contributed by atoms with E-state index in [-0.39, 0.29) is 30.8 Å². The number of nitrogens with two attached hydrogens (primary N) is 1. The predicted molar refractivity (Wildman–Crippen MR) is 97.8 cm³/mol. The molecule has 25 heavy (non-hydrogen) atoms. The van der Waals surface area contributed by atoms with Crippen molar-refractivity contribution in [1.82, 2.24) is 10.6 Å². The number of hydrogen-bond donors (Lipinski definition) is 3. The average molecular weight is 337 g/mol. The van der Waals surface area contributed by atoms with Gasteiger partial charge in [-0.1, -0.05) is 36.4 Å². The Morgan fingerprint density at radius 2 is 1.88 bits per heavy atom. The minimum atomic E-state index is -0.170. The van der Waals surface area contributed by atoms with Crippen molar-refractivity contribution in [3.05, 3.63) is 65.2 Å². The van der Waals surface area contributed by atoms with Crippen molar-refractivity contribution in [3.63, 3.8) is 0 Å². The van der Waals surface area contributed by atoms with Gasteiger partial charge >= 0.3 is 0 Å². The van der Waals surface area contributed by atoms with E-state index in [4.69, 9.17) is 5.73 Å². The molecule has 0 fully saturated rings. The zero-order valence-corrected chi connectivity index (χ0v) is 14.1. The molecule has 0 spiro atoms. The van der Waals surface area contributed by atoms with Gasteiger partial charge in [0, 0.05) is 5.69 Å². The molecular formula is C20H23N3O2. The molecule has 1 atom stereocenters. The van der Waals surface area contributed by atoms with Gasteiger partial charge in [0.2, 0.25) is 11.8 Å². The molecule has 3 rings (SSSR count). The lowest BCUT2D eigenvalue weighted by atomic mass is 9.87. The molecule has 1 aliphatic carbocycles. The number of anilines is 1. The topological polar surface area (TPSA) is 84.2 Å². The van der Waals surface area contributed by atoms with Gasteiger partial charge in [-0.2, -0.15) is 0 Å². The van der Waals surface area contributed by atoms with E-state index in [0.717, 1.165) is 36.1 Å². The van der Waals surface area contributed by atoms with Crippen LogP contribution in [0.3, 0.4) is 0 Å². The van der Waals surface area contributed by atoms with Crippen LogP contribution < -0.4 is 16.4 Å². The number of fused-ring (bicyclic) bond motifs is 1. The van der Waals surface area contributed by atoms with Crippen LogP contribution in [-0.2, 0) is 22.4 Å². The molecule has 2 amide bonds. The first-order valence-corrected chi connectivity index (χ1v) is 8.60. The zero-order chi connectivity index (χ0) is 17.6. The van der Waals surface area contributed by atoms with Crippen molar-refractivity contribution in [1.29, 1.82) is 0 Å². The smallest absolute Gasteiger partial charge is 0.239 e. The highest BCUT2D eigenvalue weighted by Gasteiger charge is 2.21. The molecule has 130 valence electrons. The summed E-state index contributed by atoms with van der Waals surface area (Å²) < 4.78 is 0. The molecular weight excluding hydrogens is 314 g/mol. The van der Waals surface area contributed by atoms with Crippen molar-refractivity contribution < 1.29 is 9.59 Å². The molecule has 0 saturated heterocycles. The van der Waals surface area contributed by atoms with E-state index in [1.807, 2.05) is 48.5 Å². The summed E-state index contributed by atoms with van der Waals surface area (Å²) in [5.41, 5.74) is 9.84. The number of carbonyl (C=O) groups is 2. The molecule has 5 nitrogen and oxygen atoms in total. The van der Waals surface area contributed by atoms with E-state index in [1.165, 1.54) is 5.56 Å². The molecule has 0 saturated carbocycles. The number of rotatable bonds is 5. The molecule has 0 aromatic heterocycles. The summed E-state index contributed by atoms with van der Waals surface area (Å²) >= 11 is 0. The first-order valence-electron chi connectivity index (χ1n) is 8.60. The maximum atomic E-state index is 12.2. The molecule has 0 aliphatic heterocycles. The summed E-state index contributed by atoms with van der Waals surface area (Å²) in [5, 5.41) is 5.70. The van der Waals surface area contributed by atoms with E-state index in [0.29, 0.717) is 0 Å². The van der Waals surface area contributed by atoms with Crippen LogP contribution >= 0.6 is 0 Å². The summed E-state index contributed by atoms with van der Waals surface area (Å²) in [5.74, 6) is -0.325. The maximum absolute atomic E-state index is 12.2. The van der Waals surface area contributed by atoms with Crippen molar-refractivity contribution in [2.75, 3.05) is 12.3 Å². The van der Waals surface area contributed by atoms with Gasteiger partial charge in [0.25, 0.3) is 0 Å². The molecule has 4 N–H and O–H groups in total. The second kappa shape index (κ2) is 7.83. The van der Waals surface area contributed by atoms with Crippen molar-refractivity contribution in [2.24, 2.45) is 0 Å². The lowest BCUT2D eigenvalue weighted by Gasteiger charge is -2.26. The quantitative estimate of drug-likeness (QED) is 0.731. The maximum Gasteiger partial charge on any atom is 0.239 e. The Morgan fingerprint density at radius 1 is 1.08 bits per heavy atom. The standard InChI is InChI=1S/C20H23N3O2/c21-16-9-10-17-15(12-16)7-4-8-18(17)23-20(25)13-22-19(24)11-14-5-2-1-3-6-14/h1-3,5-6,9-10,12,18H,4,7-8,11,13,21H2,(H,22,24)(H,23,25). The highest BCUT2D eigenvalue weighted by molar-refractivity contribution is 5.85. The van der Waals surface area contributed by atoms with Crippen LogP contribution in [0.2, 0.25) is 0 Å². The van der Waals surface area contributed by atoms with E-state index >= 15 is 0 Å². The fourth-order valence-electron chi connectivity index (χ4n) is 3.25. The van der Waals surface area contributed by atoms with Gasteiger partial charge in [-0.05, 0) is 48.1 Å². The first kappa shape index (κ1) is 17.0. The molecule has 1 unspecified atom stereocenters. The fraction of sp³-hybridized carbons (Fsp3) is 0.300. The minimum Gasteiger partial charge on any atom is -0.399 e. The molecule has 1 aliphatic rings. The van der Waals surface area contributed by atoms with Gasteiger partial charge in [0.05, 0.1) is 19.0 Å². The van der Waals surface area contributed by atoms with Crippen LogP contribution in [0.1, 0.15) is 35.6 Å². The second-order valence-electron chi connectivity index (χ2n) is 6.41. The van der Waals surface area contributed by atoms with Crippen LogP contribution in [0.5, 0.6) is 0 Å². The Labute approximate surface area is 147 Å². The number of hydrogen-bond acceptors (Lipinski definition) is 3. The molecule has 2 aromatic rings. The monoisotopic (exact) mass is 337 g/mol. The summed E-state index contributed by atoms with van der Waals surface area (Å²) in [6, 6.07) is 15.3. The van der Waals surface area contributed by atoms with Gasteiger partial charge in [-0.3, -0.25) is 9.59 Å². The van der Waals surface area contributed by atoms with E-state index < -0.39 is 0 Å². The number of benzene rings is 2. The SMILES string of the molecule is Nc1ccc2c(c1)CCCC2NC(=O)CNC(=O)Cc1ccccc1. The second-order valence-corrected chi connectivity index (χ2v) is 6.41. The van der Waals surface area contributed by atoms with Crippen LogP contribution in [0.15, 0.2) is 48.5 Å². The lowest BCUT2D eigenvalue weighted by Crippen LogP contribution is -2.40. The average Bonchev–Trinajstić information content (AvgIpc) is 2.61. The molecule has 0 bridgehead atoms. The van der Waals surface area contributed by atoms with Crippen LogP contribution in [-0.4, -0.2) is 18.4 Å². The normalized spacial score (nSPS) is 15.9. The first-order chi connectivity index (χ1) is 12.1. The van der Waals surface area contributed by atoms with E-state index in [9.17, 15) is 9.59 Å². The number of carbonyl (C=O) groups excluding carboxylic acids is 2. The molecule has 2 aromatic carbocycles. The van der Waals surface area contributed by atoms with E-state index in [1.54, 1.807) is 0 Å². The predicted octanol–water partition coefficient (Wildman–Crippen LogP) is 2.12. The summed E-state index contributed by atoms with van der Waals surface area (Å²) in [7, 11) is 0. The number of amides is 2. The van der Waals surface area contributed by atoms with Gasteiger partial charge in [-0.15, -0.1) is 0 Å². The Balaban J connectivity index is 1.51. The molecule has 5 heteroatoms. The third kappa shape index (κ3) is 4.59. The summed E-state index contributed by atoms with van der Waals surface area (Å²) in [4.78, 5) is 24.1. The minimum absolute atomic E-state index is 0.00747. The Hall–Kier alpha value is -2.82. The number of nitrogen functional groups attached to an aromatic ring is 1. The van der Waals surface area contributed by atoms with Crippen molar-refractivity contribution >= 4 is 17.5 Å². The van der Waals surface area contributed by atoms with Gasteiger partial charge < -0.3 is 16.4 Å². The largest absolute Gasteiger partial charge is 0.399 e. The van der Waals surface area contributed by atoms with Crippen LogP contribution in [0.25, 0.3) is 0 Å². The fourth-order valence-corrected chi connectivity index (χ4v) is 3.25. The summed E-state index contributed by atoms with van der Waals surface area (Å²) in [6.07, 6.45) is 3.18. The Kier molecular flexibility index (Phi) is 5.33. The Bertz CT molecular complexity index is 759. The molecule has 0 radical (unpaired) electrons. The van der Waals surface area contributed by atoms with Crippen molar-refractivity contribution in [2.45, 2.75) is 31.7 Å². The van der Waals surface area contributed by atoms with Crippen molar-refractivity contribution in [3.8, 4) is 0 Å². The highest BCUT2D eigenvalue weighted by Crippen LogP contribution is 2.30. The number of nitrogens with one attached hydrogen (secondary N) is 2. The third-order valence-electron chi connectivity index (χ3n) is 4.47. The number of aryl methyl sites for hydroxylation is 1. The van der Waals surface area contributed by atoms with Gasteiger partial charge in [-0.25, -0.2) is 0 Å². The van der Waals surface area contributed by atoms with Crippen LogP contribution in [0.4, 0.5) is 5.69 Å². The van der Waals surface area contributed by atoms with Crippen LogP contribution in [0, 0.1) is 0 Å².